The molecule has 0 saturated carbocycles. The number of hydrogen-bond acceptors (Lipinski definition) is 2. The van der Waals surface area contributed by atoms with Crippen LogP contribution >= 0.6 is 11.8 Å². The Balaban J connectivity index is 2.39. The van der Waals surface area contributed by atoms with Crippen LogP contribution in [0, 0.1) is 11.3 Å². The van der Waals surface area contributed by atoms with Gasteiger partial charge < -0.3 is 4.74 Å². The fourth-order valence-corrected chi connectivity index (χ4v) is 4.69. The van der Waals surface area contributed by atoms with Gasteiger partial charge in [-0.15, -0.1) is 11.8 Å². The third kappa shape index (κ3) is 3.92. The first-order chi connectivity index (χ1) is 11.1. The van der Waals surface area contributed by atoms with Gasteiger partial charge in [0.25, 0.3) is 0 Å². The third-order valence-corrected chi connectivity index (χ3v) is 6.52. The highest BCUT2D eigenvalue weighted by Crippen LogP contribution is 2.48. The first-order valence-corrected chi connectivity index (χ1v) is 9.31. The average Bonchev–Trinajstić information content (AvgIpc) is 2.72. The van der Waals surface area contributed by atoms with Crippen molar-refractivity contribution in [1.29, 1.82) is 0 Å². The lowest BCUT2D eigenvalue weighted by Crippen LogP contribution is -2.30. The second-order valence-corrected chi connectivity index (χ2v) is 7.45. The lowest BCUT2D eigenvalue weighted by Gasteiger charge is -2.36. The zero-order valence-electron chi connectivity index (χ0n) is 14.8. The summed E-state index contributed by atoms with van der Waals surface area (Å²) in [6, 6.07) is 6.40. The van der Waals surface area contributed by atoms with Gasteiger partial charge >= 0.3 is 0 Å². The molecule has 23 heavy (non-hydrogen) atoms. The van der Waals surface area contributed by atoms with Crippen LogP contribution in [-0.4, -0.2) is 12.9 Å². The molecule has 124 valence electrons. The van der Waals surface area contributed by atoms with Crippen molar-refractivity contribution in [3.63, 3.8) is 0 Å². The van der Waals surface area contributed by atoms with E-state index in [-0.39, 0.29) is 5.41 Å². The van der Waals surface area contributed by atoms with Gasteiger partial charge in [-0.2, -0.15) is 0 Å². The Hall–Kier alpha value is -1.41. The summed E-state index contributed by atoms with van der Waals surface area (Å²) in [6.07, 6.45) is 10.6. The third-order valence-electron chi connectivity index (χ3n) is 4.96. The van der Waals surface area contributed by atoms with E-state index in [2.05, 4.69) is 56.9 Å². The molecule has 2 heteroatoms. The van der Waals surface area contributed by atoms with Crippen molar-refractivity contribution >= 4 is 11.8 Å². The van der Waals surface area contributed by atoms with Crippen molar-refractivity contribution in [2.24, 2.45) is 11.3 Å². The molecule has 1 heterocycles. The Morgan fingerprint density at radius 1 is 1.43 bits per heavy atom. The van der Waals surface area contributed by atoms with Crippen LogP contribution in [0.1, 0.15) is 32.8 Å². The van der Waals surface area contributed by atoms with Crippen molar-refractivity contribution < 1.29 is 4.74 Å². The molecule has 0 radical (unpaired) electrons. The van der Waals surface area contributed by atoms with Crippen LogP contribution in [0.4, 0.5) is 0 Å². The predicted octanol–water partition coefficient (Wildman–Crippen LogP) is 6.06. The Labute approximate surface area is 145 Å². The Morgan fingerprint density at radius 3 is 2.87 bits per heavy atom. The van der Waals surface area contributed by atoms with Crippen LogP contribution < -0.4 is 4.74 Å². The Kier molecular flexibility index (Phi) is 6.17. The lowest BCUT2D eigenvalue weighted by atomic mass is 9.70. The summed E-state index contributed by atoms with van der Waals surface area (Å²) >= 11 is 1.94. The van der Waals surface area contributed by atoms with E-state index in [4.69, 9.17) is 4.74 Å². The molecule has 0 spiro atoms. The highest BCUT2D eigenvalue weighted by Gasteiger charge is 2.37. The summed E-state index contributed by atoms with van der Waals surface area (Å²) in [5.41, 5.74) is 2.85. The van der Waals surface area contributed by atoms with E-state index >= 15 is 0 Å². The van der Waals surface area contributed by atoms with Crippen LogP contribution in [0.15, 0.2) is 59.6 Å². The number of rotatable bonds is 5. The maximum absolute atomic E-state index is 5.58. The molecule has 1 unspecified atom stereocenters. The van der Waals surface area contributed by atoms with Gasteiger partial charge in [-0.25, -0.2) is 0 Å². The molecule has 0 amide bonds. The van der Waals surface area contributed by atoms with Crippen molar-refractivity contribution in [1.82, 2.24) is 0 Å². The van der Waals surface area contributed by atoms with Crippen molar-refractivity contribution in [3.05, 3.63) is 60.2 Å². The number of hydrogen-bond donors (Lipinski definition) is 0. The average molecular weight is 329 g/mol. The number of thioether (sulfide) groups is 1. The molecular formula is C21H28OS. The quantitative estimate of drug-likeness (QED) is 0.607. The van der Waals surface area contributed by atoms with E-state index in [1.165, 1.54) is 16.0 Å². The summed E-state index contributed by atoms with van der Waals surface area (Å²) in [5.74, 6) is 2.55. The molecule has 1 aromatic rings. The van der Waals surface area contributed by atoms with Crippen LogP contribution in [0.3, 0.4) is 0 Å². The second kappa shape index (κ2) is 7.92. The minimum Gasteiger partial charge on any atom is -0.496 e. The van der Waals surface area contributed by atoms with Gasteiger partial charge in [-0.05, 0) is 42.7 Å². The van der Waals surface area contributed by atoms with Crippen LogP contribution in [-0.2, 0) is 6.42 Å². The first-order valence-electron chi connectivity index (χ1n) is 8.32. The summed E-state index contributed by atoms with van der Waals surface area (Å²) in [5, 5.41) is 0. The molecule has 1 aliphatic rings. The molecule has 2 atom stereocenters. The fourth-order valence-electron chi connectivity index (χ4n) is 3.18. The largest absolute Gasteiger partial charge is 0.496 e. The van der Waals surface area contributed by atoms with E-state index in [9.17, 15) is 0 Å². The minimum absolute atomic E-state index is 0.242. The van der Waals surface area contributed by atoms with Gasteiger partial charge in [0.05, 0.1) is 12.0 Å². The lowest BCUT2D eigenvalue weighted by molar-refractivity contribution is 0.249. The smallest absolute Gasteiger partial charge is 0.132 e. The summed E-state index contributed by atoms with van der Waals surface area (Å²) in [6.45, 7) is 11.1. The number of fused-ring (bicyclic) bond motifs is 1. The maximum atomic E-state index is 5.58. The normalized spacial score (nSPS) is 24.6. The molecule has 0 aromatic heterocycles. The van der Waals surface area contributed by atoms with Gasteiger partial charge in [-0.3, -0.25) is 0 Å². The molecule has 0 N–H and O–H groups in total. The summed E-state index contributed by atoms with van der Waals surface area (Å²) < 4.78 is 5.58. The van der Waals surface area contributed by atoms with Gasteiger partial charge in [0.2, 0.25) is 0 Å². The zero-order chi connectivity index (χ0) is 16.9. The van der Waals surface area contributed by atoms with Gasteiger partial charge in [-0.1, -0.05) is 62.4 Å². The Morgan fingerprint density at radius 2 is 2.22 bits per heavy atom. The van der Waals surface area contributed by atoms with E-state index < -0.39 is 0 Å². The SMILES string of the molecule is C=C(/C=C\C=C/C)C1Cc2cccc(OC)c2SC[C@]1(C)CC. The topological polar surface area (TPSA) is 9.23 Å². The summed E-state index contributed by atoms with van der Waals surface area (Å²) in [7, 11) is 1.76. The highest BCUT2D eigenvalue weighted by atomic mass is 32.2. The molecule has 0 saturated heterocycles. The standard InChI is InChI=1S/C21H28OS/c1-6-8-9-11-16(3)18-14-17-12-10-13-19(22-5)20(17)23-15-21(18,4)7-2/h6,8-13,18H,3,7,14-15H2,1-2,4-5H3/b8-6-,11-9-/t18?,21-/m0/s1. The minimum atomic E-state index is 0.242. The van der Waals surface area contributed by atoms with Crippen molar-refractivity contribution in [2.45, 2.75) is 38.5 Å². The van der Waals surface area contributed by atoms with E-state index in [1.807, 2.05) is 24.8 Å². The van der Waals surface area contributed by atoms with Gasteiger partial charge in [0.15, 0.2) is 0 Å². The van der Waals surface area contributed by atoms with Gasteiger partial charge in [0.1, 0.15) is 5.75 Å². The van der Waals surface area contributed by atoms with E-state index in [0.29, 0.717) is 5.92 Å². The molecule has 0 fully saturated rings. The maximum Gasteiger partial charge on any atom is 0.132 e. The van der Waals surface area contributed by atoms with Gasteiger partial charge in [0, 0.05) is 5.75 Å². The molecular weight excluding hydrogens is 300 g/mol. The monoisotopic (exact) mass is 328 g/mol. The van der Waals surface area contributed by atoms with Crippen LogP contribution in [0.5, 0.6) is 5.75 Å². The van der Waals surface area contributed by atoms with E-state index in [0.717, 1.165) is 24.3 Å². The number of methoxy groups -OCH3 is 1. The summed E-state index contributed by atoms with van der Waals surface area (Å²) in [4.78, 5) is 1.31. The number of allylic oxidation sites excluding steroid dienone is 5. The molecule has 1 aliphatic heterocycles. The zero-order valence-corrected chi connectivity index (χ0v) is 15.6. The number of benzene rings is 1. The molecule has 2 rings (SSSR count). The second-order valence-electron chi connectivity index (χ2n) is 6.46. The van der Waals surface area contributed by atoms with E-state index in [1.54, 1.807) is 7.11 Å². The highest BCUT2D eigenvalue weighted by molar-refractivity contribution is 7.99. The van der Waals surface area contributed by atoms with Crippen molar-refractivity contribution in [2.75, 3.05) is 12.9 Å². The Bertz CT molecular complexity index is 614. The fraction of sp³-hybridized carbons (Fsp3) is 0.429. The first kappa shape index (κ1) is 17.9. The molecule has 1 nitrogen and oxygen atoms in total. The number of ether oxygens (including phenoxy) is 1. The molecule has 0 aliphatic carbocycles. The molecule has 1 aromatic carbocycles. The van der Waals surface area contributed by atoms with Crippen molar-refractivity contribution in [3.8, 4) is 5.75 Å². The molecule has 0 bridgehead atoms. The van der Waals surface area contributed by atoms with Crippen LogP contribution in [0.25, 0.3) is 0 Å². The van der Waals surface area contributed by atoms with Crippen LogP contribution in [0.2, 0.25) is 0 Å². The predicted molar refractivity (Wildman–Crippen MR) is 102 cm³/mol.